The maximum absolute atomic E-state index is 5.58. The molecule has 0 saturated carbocycles. The Morgan fingerprint density at radius 3 is 2.59 bits per heavy atom. The van der Waals surface area contributed by atoms with E-state index in [9.17, 15) is 0 Å². The van der Waals surface area contributed by atoms with Crippen LogP contribution < -0.4 is 15.4 Å². The van der Waals surface area contributed by atoms with Crippen LogP contribution in [0.15, 0.2) is 84.0 Å². The molecule has 37 heavy (non-hydrogen) atoms. The zero-order valence-corrected chi connectivity index (χ0v) is 21.0. The summed E-state index contributed by atoms with van der Waals surface area (Å²) in [5.74, 6) is 0.529. The lowest BCUT2D eigenvalue weighted by Gasteiger charge is -2.22. The lowest BCUT2D eigenvalue weighted by molar-refractivity contribution is 0.0864. The summed E-state index contributed by atoms with van der Waals surface area (Å²) in [7, 11) is 1.62. The molecule has 0 atom stereocenters. The number of methoxy groups -OCH3 is 1. The molecule has 3 aliphatic rings. The first-order valence-corrected chi connectivity index (χ1v) is 12.6. The fourth-order valence-electron chi connectivity index (χ4n) is 4.83. The van der Waals surface area contributed by atoms with Crippen molar-refractivity contribution >= 4 is 22.4 Å². The Morgan fingerprint density at radius 2 is 1.78 bits per heavy atom. The van der Waals surface area contributed by atoms with Crippen LogP contribution in [0, 0.1) is 6.92 Å². The van der Waals surface area contributed by atoms with Gasteiger partial charge < -0.3 is 19.4 Å². The summed E-state index contributed by atoms with van der Waals surface area (Å²) in [6, 6.07) is 25.1. The standard InChI is InChI=1S/C30H29N5O2/c1-20-9-11-22(12-10-20)35-28-8-4-3-6-23(28)33-27-18-25(34-24-7-5-15-31-30(24)36-2)26(19-29(27)35)32-21-13-16-37-17-14-21/h3-12,15,18-19,21,34H,13-14,16-17H2,1-2H3. The van der Waals surface area contributed by atoms with Gasteiger partial charge in [0.2, 0.25) is 5.88 Å². The smallest absolute Gasteiger partial charge is 0.237 e. The molecule has 186 valence electrons. The summed E-state index contributed by atoms with van der Waals surface area (Å²) in [6.07, 6.45) is 3.53. The molecule has 2 aliphatic heterocycles. The first-order chi connectivity index (χ1) is 18.2. The van der Waals surface area contributed by atoms with E-state index in [2.05, 4.69) is 76.4 Å². The van der Waals surface area contributed by atoms with Crippen LogP contribution in [0.3, 0.4) is 0 Å². The number of aromatic nitrogens is 3. The van der Waals surface area contributed by atoms with Gasteiger partial charge in [-0.25, -0.2) is 9.97 Å². The van der Waals surface area contributed by atoms with Crippen LogP contribution in [0.2, 0.25) is 0 Å². The van der Waals surface area contributed by atoms with Crippen molar-refractivity contribution in [3.05, 3.63) is 89.9 Å². The third kappa shape index (κ3) is 4.66. The Bertz CT molecular complexity index is 1590. The molecule has 0 bridgehead atoms. The van der Waals surface area contributed by atoms with Crippen LogP contribution in [-0.4, -0.2) is 40.9 Å². The van der Waals surface area contributed by atoms with E-state index >= 15 is 0 Å². The molecular weight excluding hydrogens is 462 g/mol. The molecule has 3 aromatic rings. The third-order valence-corrected chi connectivity index (χ3v) is 6.74. The first-order valence-electron chi connectivity index (χ1n) is 12.6. The van der Waals surface area contributed by atoms with Crippen molar-refractivity contribution in [2.75, 3.05) is 25.6 Å². The topological polar surface area (TPSA) is 73.6 Å². The average molecular weight is 492 g/mol. The molecule has 1 N–H and O–H groups in total. The maximum atomic E-state index is 5.58. The molecule has 0 unspecified atom stereocenters. The van der Waals surface area contributed by atoms with Crippen LogP contribution in [0.25, 0.3) is 28.1 Å². The average Bonchev–Trinajstić information content (AvgIpc) is 2.94. The van der Waals surface area contributed by atoms with E-state index in [0.717, 1.165) is 70.9 Å². The fourth-order valence-corrected chi connectivity index (χ4v) is 4.83. The van der Waals surface area contributed by atoms with Crippen molar-refractivity contribution in [2.24, 2.45) is 4.99 Å². The fraction of sp³-hybridized carbons (Fsp3) is 0.233. The summed E-state index contributed by atoms with van der Waals surface area (Å²) in [4.78, 5) is 14.6. The second-order valence-electron chi connectivity index (χ2n) is 9.29. The van der Waals surface area contributed by atoms with E-state index in [-0.39, 0.29) is 6.04 Å². The molecule has 0 spiro atoms. The van der Waals surface area contributed by atoms with E-state index in [1.165, 1.54) is 5.56 Å². The number of aryl methyl sites for hydroxylation is 1. The normalized spacial score (nSPS) is 14.8. The molecular formula is C30H29N5O2. The summed E-state index contributed by atoms with van der Waals surface area (Å²) in [5, 5.41) is 4.40. The number of nitrogens with one attached hydrogen (secondary N) is 1. The van der Waals surface area contributed by atoms with E-state index in [1.807, 2.05) is 18.2 Å². The van der Waals surface area contributed by atoms with Crippen LogP contribution >= 0.6 is 0 Å². The van der Waals surface area contributed by atoms with Gasteiger partial charge in [-0.3, -0.25) is 4.99 Å². The number of rotatable bonds is 5. The number of fused-ring (bicyclic) bond motifs is 2. The molecule has 0 amide bonds. The number of ether oxygens (including phenoxy) is 2. The van der Waals surface area contributed by atoms with Crippen molar-refractivity contribution < 1.29 is 9.47 Å². The SMILES string of the molecule is COc1ncccc1Nc1cc2nc3ccccc3n(-c3ccc(C)cc3)c-2cc1=NC1CCOCC1. The molecule has 1 aromatic heterocycles. The van der Waals surface area contributed by atoms with Gasteiger partial charge in [0.1, 0.15) is 5.69 Å². The van der Waals surface area contributed by atoms with Gasteiger partial charge in [-0.05, 0) is 68.3 Å². The molecule has 1 fully saturated rings. The van der Waals surface area contributed by atoms with Crippen molar-refractivity contribution in [3.8, 4) is 23.0 Å². The summed E-state index contributed by atoms with van der Waals surface area (Å²) in [5.41, 5.74) is 7.79. The summed E-state index contributed by atoms with van der Waals surface area (Å²) >= 11 is 0. The second kappa shape index (κ2) is 10.0. The Hall–Kier alpha value is -4.23. The van der Waals surface area contributed by atoms with Crippen molar-refractivity contribution in [2.45, 2.75) is 25.8 Å². The number of pyridine rings is 1. The monoisotopic (exact) mass is 491 g/mol. The van der Waals surface area contributed by atoms with Gasteiger partial charge in [0.15, 0.2) is 0 Å². The molecule has 7 heteroatoms. The van der Waals surface area contributed by atoms with Gasteiger partial charge in [0.05, 0.1) is 46.6 Å². The number of nitrogens with zero attached hydrogens (tertiary/aromatic N) is 4. The molecule has 6 rings (SSSR count). The highest BCUT2D eigenvalue weighted by molar-refractivity contribution is 5.84. The van der Waals surface area contributed by atoms with Gasteiger partial charge in [0.25, 0.3) is 0 Å². The van der Waals surface area contributed by atoms with Crippen LogP contribution in [0.5, 0.6) is 5.88 Å². The predicted molar refractivity (Wildman–Crippen MR) is 146 cm³/mol. The molecule has 7 nitrogen and oxygen atoms in total. The van der Waals surface area contributed by atoms with E-state index in [1.54, 1.807) is 13.3 Å². The van der Waals surface area contributed by atoms with E-state index in [4.69, 9.17) is 19.5 Å². The second-order valence-corrected chi connectivity index (χ2v) is 9.29. The number of para-hydroxylation sites is 2. The molecule has 3 heterocycles. The van der Waals surface area contributed by atoms with Gasteiger partial charge in [-0.1, -0.05) is 29.8 Å². The lowest BCUT2D eigenvalue weighted by Crippen LogP contribution is -2.23. The lowest BCUT2D eigenvalue weighted by atomic mass is 10.1. The Kier molecular flexibility index (Phi) is 6.28. The van der Waals surface area contributed by atoms with Gasteiger partial charge in [0, 0.05) is 25.1 Å². The first kappa shape index (κ1) is 23.2. The van der Waals surface area contributed by atoms with Crippen molar-refractivity contribution in [1.29, 1.82) is 0 Å². The molecule has 2 aromatic carbocycles. The molecule has 1 saturated heterocycles. The minimum absolute atomic E-state index is 0.198. The Balaban J connectivity index is 1.62. The van der Waals surface area contributed by atoms with Crippen LogP contribution in [0.1, 0.15) is 18.4 Å². The summed E-state index contributed by atoms with van der Waals surface area (Å²) in [6.45, 7) is 3.57. The van der Waals surface area contributed by atoms with Crippen molar-refractivity contribution in [1.82, 2.24) is 14.5 Å². The Morgan fingerprint density at radius 1 is 0.973 bits per heavy atom. The number of hydrogen-bond donors (Lipinski definition) is 1. The number of hydrogen-bond acceptors (Lipinski definition) is 6. The van der Waals surface area contributed by atoms with E-state index in [0.29, 0.717) is 5.88 Å². The van der Waals surface area contributed by atoms with Crippen molar-refractivity contribution in [3.63, 3.8) is 0 Å². The highest BCUT2D eigenvalue weighted by Crippen LogP contribution is 2.31. The van der Waals surface area contributed by atoms with Crippen LogP contribution in [0.4, 0.5) is 11.4 Å². The number of anilines is 2. The minimum atomic E-state index is 0.198. The maximum Gasteiger partial charge on any atom is 0.237 e. The van der Waals surface area contributed by atoms with Gasteiger partial charge in [-0.2, -0.15) is 0 Å². The molecule has 1 aliphatic carbocycles. The summed E-state index contributed by atoms with van der Waals surface area (Å²) < 4.78 is 13.4. The Labute approximate surface area is 215 Å². The highest BCUT2D eigenvalue weighted by Gasteiger charge is 2.19. The quantitative estimate of drug-likeness (QED) is 0.321. The highest BCUT2D eigenvalue weighted by atomic mass is 16.5. The van der Waals surface area contributed by atoms with Crippen LogP contribution in [-0.2, 0) is 4.74 Å². The third-order valence-electron chi connectivity index (χ3n) is 6.74. The largest absolute Gasteiger partial charge is 0.480 e. The van der Waals surface area contributed by atoms with Gasteiger partial charge >= 0.3 is 0 Å². The van der Waals surface area contributed by atoms with E-state index < -0.39 is 0 Å². The predicted octanol–water partition coefficient (Wildman–Crippen LogP) is 5.67. The number of benzene rings is 3. The van der Waals surface area contributed by atoms with Gasteiger partial charge in [-0.15, -0.1) is 0 Å². The zero-order valence-electron chi connectivity index (χ0n) is 21.0. The molecule has 0 radical (unpaired) electrons. The zero-order chi connectivity index (χ0) is 25.2. The minimum Gasteiger partial charge on any atom is -0.480 e.